The molecule has 106 valence electrons. The van der Waals surface area contributed by atoms with Gasteiger partial charge in [0.05, 0.1) is 18.4 Å². The van der Waals surface area contributed by atoms with Crippen LogP contribution in [0.15, 0.2) is 23.4 Å². The van der Waals surface area contributed by atoms with Crippen molar-refractivity contribution in [2.75, 3.05) is 12.9 Å². The number of halogens is 1. The molecule has 8 heteroatoms. The number of aromatic nitrogens is 2. The molecule has 1 N–H and O–H groups in total. The second-order valence-electron chi connectivity index (χ2n) is 3.85. The number of hydrogen-bond acceptors (Lipinski definition) is 5. The number of benzene rings is 1. The van der Waals surface area contributed by atoms with E-state index in [-0.39, 0.29) is 23.0 Å². The molecule has 0 unspecified atom stereocenters. The first-order valence-corrected chi connectivity index (χ1v) is 6.57. The number of imidazole rings is 1. The van der Waals surface area contributed by atoms with Crippen LogP contribution in [0.4, 0.5) is 4.39 Å². The normalized spacial score (nSPS) is 10.7. The first kappa shape index (κ1) is 14.3. The topological polar surface area (TPSA) is 81.4 Å². The second-order valence-corrected chi connectivity index (χ2v) is 4.79. The molecule has 1 heterocycles. The first-order chi connectivity index (χ1) is 9.52. The Hall–Kier alpha value is -2.09. The highest BCUT2D eigenvalue weighted by atomic mass is 32.2. The highest BCUT2D eigenvalue weighted by molar-refractivity contribution is 7.99. The number of aliphatic carboxylic acids is 1. The van der Waals surface area contributed by atoms with E-state index < -0.39 is 17.8 Å². The van der Waals surface area contributed by atoms with Crippen LogP contribution in [-0.2, 0) is 20.9 Å². The average Bonchev–Trinajstić information content (AvgIpc) is 2.76. The number of para-hydroxylation sites is 1. The summed E-state index contributed by atoms with van der Waals surface area (Å²) in [5.74, 6) is -2.30. The fourth-order valence-corrected chi connectivity index (χ4v) is 2.40. The summed E-state index contributed by atoms with van der Waals surface area (Å²) in [4.78, 5) is 26.1. The highest BCUT2D eigenvalue weighted by Gasteiger charge is 2.17. The Labute approximate surface area is 117 Å². The zero-order chi connectivity index (χ0) is 14.7. The van der Waals surface area contributed by atoms with Crippen molar-refractivity contribution >= 4 is 34.7 Å². The predicted molar refractivity (Wildman–Crippen MR) is 70.1 cm³/mol. The lowest BCUT2D eigenvalue weighted by Gasteiger charge is -2.06. The van der Waals surface area contributed by atoms with Crippen LogP contribution in [-0.4, -0.2) is 39.5 Å². The largest absolute Gasteiger partial charge is 0.481 e. The number of rotatable bonds is 5. The van der Waals surface area contributed by atoms with Gasteiger partial charge < -0.3 is 14.4 Å². The van der Waals surface area contributed by atoms with Crippen LogP contribution in [0.1, 0.15) is 0 Å². The minimum Gasteiger partial charge on any atom is -0.481 e. The van der Waals surface area contributed by atoms with Crippen molar-refractivity contribution in [1.82, 2.24) is 9.55 Å². The standard InChI is InChI=1S/C12H11FN2O4S/c1-19-10(18)5-15-8-4-2-3-7(13)11(8)14-12(15)20-6-9(16)17/h2-4H,5-6H2,1H3,(H,16,17). The monoisotopic (exact) mass is 298 g/mol. The molecule has 0 radical (unpaired) electrons. The maximum Gasteiger partial charge on any atom is 0.325 e. The minimum atomic E-state index is -1.02. The molecule has 1 aromatic heterocycles. The molecule has 0 amide bonds. The second kappa shape index (κ2) is 5.91. The Balaban J connectivity index is 2.47. The maximum absolute atomic E-state index is 13.7. The molecule has 0 saturated carbocycles. The predicted octanol–water partition coefficient (Wildman–Crippen LogP) is 1.53. The number of esters is 1. The van der Waals surface area contributed by atoms with Crippen LogP contribution in [0.2, 0.25) is 0 Å². The Morgan fingerprint density at radius 2 is 2.25 bits per heavy atom. The first-order valence-electron chi connectivity index (χ1n) is 5.59. The number of fused-ring (bicyclic) bond motifs is 1. The van der Waals surface area contributed by atoms with Crippen molar-refractivity contribution in [3.8, 4) is 0 Å². The quantitative estimate of drug-likeness (QED) is 0.666. The van der Waals surface area contributed by atoms with Gasteiger partial charge in [-0.1, -0.05) is 17.8 Å². The molecule has 0 bridgehead atoms. The summed E-state index contributed by atoms with van der Waals surface area (Å²) in [6.07, 6.45) is 0. The molecule has 0 spiro atoms. The minimum absolute atomic E-state index is 0.101. The van der Waals surface area contributed by atoms with E-state index in [2.05, 4.69) is 9.72 Å². The van der Waals surface area contributed by atoms with E-state index in [0.29, 0.717) is 5.52 Å². The SMILES string of the molecule is COC(=O)Cn1c(SCC(=O)O)nc2c(F)cccc21. The third kappa shape index (κ3) is 2.90. The molecule has 0 atom stereocenters. The lowest BCUT2D eigenvalue weighted by atomic mass is 10.3. The number of carbonyl (C=O) groups is 2. The third-order valence-corrected chi connectivity index (χ3v) is 3.50. The smallest absolute Gasteiger partial charge is 0.325 e. The van der Waals surface area contributed by atoms with Gasteiger partial charge in [-0.05, 0) is 12.1 Å². The number of methoxy groups -OCH3 is 1. The molecule has 20 heavy (non-hydrogen) atoms. The number of carboxylic acid groups (broad SMARTS) is 1. The van der Waals surface area contributed by atoms with Crippen LogP contribution in [0, 0.1) is 5.82 Å². The summed E-state index contributed by atoms with van der Waals surface area (Å²) in [5.41, 5.74) is 0.521. The third-order valence-electron chi connectivity index (χ3n) is 2.53. The molecule has 2 rings (SSSR count). The fraction of sp³-hybridized carbons (Fsp3) is 0.250. The maximum atomic E-state index is 13.7. The fourth-order valence-electron chi connectivity index (χ4n) is 1.67. The van der Waals surface area contributed by atoms with Gasteiger partial charge in [-0.3, -0.25) is 9.59 Å². The summed E-state index contributed by atoms with van der Waals surface area (Å²) in [6.45, 7) is -0.154. The van der Waals surface area contributed by atoms with E-state index in [1.54, 1.807) is 6.07 Å². The number of carboxylic acids is 1. The van der Waals surface area contributed by atoms with Crippen LogP contribution < -0.4 is 0 Å². The number of carbonyl (C=O) groups excluding carboxylic acids is 1. The van der Waals surface area contributed by atoms with Crippen molar-refractivity contribution in [2.45, 2.75) is 11.7 Å². The Kier molecular flexibility index (Phi) is 4.23. The number of thioether (sulfide) groups is 1. The molecular formula is C12H11FN2O4S. The van der Waals surface area contributed by atoms with E-state index in [1.165, 1.54) is 23.8 Å². The van der Waals surface area contributed by atoms with Gasteiger partial charge in [0, 0.05) is 0 Å². The van der Waals surface area contributed by atoms with Crippen LogP contribution in [0.25, 0.3) is 11.0 Å². The average molecular weight is 298 g/mol. The molecule has 2 aromatic rings. The van der Waals surface area contributed by atoms with E-state index in [0.717, 1.165) is 11.8 Å². The number of nitrogens with zero attached hydrogens (tertiary/aromatic N) is 2. The van der Waals surface area contributed by atoms with Gasteiger partial charge in [-0.2, -0.15) is 0 Å². The van der Waals surface area contributed by atoms with Gasteiger partial charge >= 0.3 is 11.9 Å². The molecule has 0 saturated heterocycles. The Morgan fingerprint density at radius 1 is 1.50 bits per heavy atom. The van der Waals surface area contributed by atoms with Gasteiger partial charge in [0.2, 0.25) is 0 Å². The van der Waals surface area contributed by atoms with Crippen LogP contribution in [0.3, 0.4) is 0 Å². The molecule has 0 aliphatic heterocycles. The zero-order valence-electron chi connectivity index (χ0n) is 10.5. The van der Waals surface area contributed by atoms with Gasteiger partial charge in [0.15, 0.2) is 11.0 Å². The van der Waals surface area contributed by atoms with Crippen molar-refractivity contribution in [3.63, 3.8) is 0 Å². The van der Waals surface area contributed by atoms with Crippen molar-refractivity contribution in [1.29, 1.82) is 0 Å². The lowest BCUT2D eigenvalue weighted by molar-refractivity contribution is -0.141. The van der Waals surface area contributed by atoms with Crippen molar-refractivity contribution in [2.24, 2.45) is 0 Å². The summed E-state index contributed by atoms with van der Waals surface area (Å²) in [5, 5.41) is 8.96. The van der Waals surface area contributed by atoms with Gasteiger partial charge in [-0.25, -0.2) is 9.37 Å². The molecular weight excluding hydrogens is 287 g/mol. The lowest BCUT2D eigenvalue weighted by Crippen LogP contribution is -2.13. The van der Waals surface area contributed by atoms with E-state index in [9.17, 15) is 14.0 Å². The van der Waals surface area contributed by atoms with Crippen LogP contribution >= 0.6 is 11.8 Å². The summed E-state index contributed by atoms with van der Waals surface area (Å²) in [6, 6.07) is 4.36. The van der Waals surface area contributed by atoms with E-state index >= 15 is 0 Å². The van der Waals surface area contributed by atoms with Crippen molar-refractivity contribution < 1.29 is 23.8 Å². The summed E-state index contributed by atoms with van der Waals surface area (Å²) in [7, 11) is 1.24. The number of ether oxygens (including phenoxy) is 1. The molecule has 6 nitrogen and oxygen atoms in total. The van der Waals surface area contributed by atoms with Gasteiger partial charge in [0.1, 0.15) is 12.1 Å². The van der Waals surface area contributed by atoms with E-state index in [1.807, 2.05) is 0 Å². The Bertz CT molecular complexity index is 671. The van der Waals surface area contributed by atoms with Crippen molar-refractivity contribution in [3.05, 3.63) is 24.0 Å². The summed E-state index contributed by atoms with van der Waals surface area (Å²) >= 11 is 0.920. The molecule has 0 aliphatic carbocycles. The molecule has 0 fully saturated rings. The molecule has 0 aliphatic rings. The molecule has 1 aromatic carbocycles. The van der Waals surface area contributed by atoms with Gasteiger partial charge in [0.25, 0.3) is 0 Å². The highest BCUT2D eigenvalue weighted by Crippen LogP contribution is 2.25. The summed E-state index contributed by atoms with van der Waals surface area (Å²) < 4.78 is 19.7. The van der Waals surface area contributed by atoms with E-state index in [4.69, 9.17) is 5.11 Å². The Morgan fingerprint density at radius 3 is 2.90 bits per heavy atom. The number of hydrogen-bond donors (Lipinski definition) is 1. The zero-order valence-corrected chi connectivity index (χ0v) is 11.3. The van der Waals surface area contributed by atoms with Gasteiger partial charge in [-0.15, -0.1) is 0 Å². The van der Waals surface area contributed by atoms with Crippen LogP contribution in [0.5, 0.6) is 0 Å².